The van der Waals surface area contributed by atoms with Crippen LogP contribution in [0.1, 0.15) is 21.7 Å². The molecule has 2 amide bonds. The third-order valence-corrected chi connectivity index (χ3v) is 4.41. The molecule has 0 saturated carbocycles. The summed E-state index contributed by atoms with van der Waals surface area (Å²) < 4.78 is 15.7. The van der Waals surface area contributed by atoms with E-state index in [0.717, 1.165) is 0 Å². The van der Waals surface area contributed by atoms with Crippen LogP contribution in [0.2, 0.25) is 0 Å². The Hall–Kier alpha value is -4.93. The van der Waals surface area contributed by atoms with Crippen LogP contribution >= 0.6 is 0 Å². The number of hydrogen-bond donors (Lipinski definition) is 2. The summed E-state index contributed by atoms with van der Waals surface area (Å²) in [4.78, 5) is 35.5. The van der Waals surface area contributed by atoms with Crippen molar-refractivity contribution in [3.05, 3.63) is 93.6 Å². The van der Waals surface area contributed by atoms with Crippen LogP contribution in [-0.4, -0.2) is 29.7 Å². The fraction of sp³-hybridized carbons (Fsp3) is 0.0455. The van der Waals surface area contributed by atoms with E-state index in [4.69, 9.17) is 13.9 Å². The molecule has 0 saturated heterocycles. The first-order chi connectivity index (χ1) is 16.0. The molecule has 0 unspecified atom stereocenters. The van der Waals surface area contributed by atoms with Gasteiger partial charge in [-0.2, -0.15) is 5.10 Å². The number of hydrazone groups is 1. The first-order valence-electron chi connectivity index (χ1n) is 9.54. The summed E-state index contributed by atoms with van der Waals surface area (Å²) in [6.07, 6.45) is 4.01. The number of hydrogen-bond acceptors (Lipinski definition) is 8. The summed E-state index contributed by atoms with van der Waals surface area (Å²) in [5.41, 5.74) is 3.03. The molecule has 2 aromatic carbocycles. The first kappa shape index (κ1) is 21.3. The van der Waals surface area contributed by atoms with Gasteiger partial charge in [0, 0.05) is 17.7 Å². The zero-order valence-corrected chi connectivity index (χ0v) is 16.9. The standard InChI is InChI=1S/C22H16N4O7/c27-21(25-23-12-15-3-1-4-16(9-15)26(29)30)17(24-22(28)19-5-2-8-31-19)10-14-6-7-18-20(11-14)33-13-32-18/h1-12H,13H2,(H,24,28)(H,25,27)/b17-10-,23-12+. The SMILES string of the molecule is O=C(N/N=C/c1cccc([N+](=O)[O-])c1)/C(=C/c1ccc2c(c1)OCO2)NC(=O)c1ccco1. The second-order valence-corrected chi connectivity index (χ2v) is 6.65. The predicted octanol–water partition coefficient (Wildman–Crippen LogP) is 2.84. The molecule has 1 aromatic heterocycles. The van der Waals surface area contributed by atoms with Crippen LogP contribution < -0.4 is 20.2 Å². The molecule has 2 heterocycles. The molecule has 0 atom stereocenters. The molecule has 0 radical (unpaired) electrons. The Morgan fingerprint density at radius 2 is 1.88 bits per heavy atom. The predicted molar refractivity (Wildman–Crippen MR) is 116 cm³/mol. The van der Waals surface area contributed by atoms with Crippen molar-refractivity contribution in [2.24, 2.45) is 5.10 Å². The van der Waals surface area contributed by atoms with Gasteiger partial charge in [-0.1, -0.05) is 18.2 Å². The third kappa shape index (κ3) is 5.22. The highest BCUT2D eigenvalue weighted by molar-refractivity contribution is 6.04. The summed E-state index contributed by atoms with van der Waals surface area (Å²) in [7, 11) is 0. The maximum atomic E-state index is 12.7. The van der Waals surface area contributed by atoms with Gasteiger partial charge in [0.2, 0.25) is 6.79 Å². The minimum Gasteiger partial charge on any atom is -0.459 e. The van der Waals surface area contributed by atoms with E-state index in [0.29, 0.717) is 22.6 Å². The van der Waals surface area contributed by atoms with Crippen molar-refractivity contribution in [2.45, 2.75) is 0 Å². The van der Waals surface area contributed by atoms with Gasteiger partial charge in [0.05, 0.1) is 17.4 Å². The van der Waals surface area contributed by atoms with Gasteiger partial charge in [-0.15, -0.1) is 0 Å². The van der Waals surface area contributed by atoms with E-state index in [1.807, 2.05) is 0 Å². The number of nitrogens with zero attached hydrogens (tertiary/aromatic N) is 2. The molecule has 1 aliphatic rings. The van der Waals surface area contributed by atoms with E-state index in [9.17, 15) is 19.7 Å². The molecule has 0 fully saturated rings. The van der Waals surface area contributed by atoms with Crippen LogP contribution in [0.4, 0.5) is 5.69 Å². The van der Waals surface area contributed by atoms with Gasteiger partial charge in [0.15, 0.2) is 17.3 Å². The lowest BCUT2D eigenvalue weighted by Crippen LogP contribution is -2.32. The normalized spacial score (nSPS) is 12.5. The van der Waals surface area contributed by atoms with Gasteiger partial charge in [0.1, 0.15) is 5.70 Å². The Labute approximate surface area is 186 Å². The van der Waals surface area contributed by atoms with E-state index >= 15 is 0 Å². The van der Waals surface area contributed by atoms with Crippen LogP contribution in [0.15, 0.2) is 76.1 Å². The molecule has 0 spiro atoms. The number of nitro groups is 1. The minimum atomic E-state index is -0.728. The van der Waals surface area contributed by atoms with Gasteiger partial charge in [-0.3, -0.25) is 19.7 Å². The van der Waals surface area contributed by atoms with Gasteiger partial charge >= 0.3 is 0 Å². The molecule has 166 valence electrons. The second-order valence-electron chi connectivity index (χ2n) is 6.65. The molecule has 11 nitrogen and oxygen atoms in total. The Bertz CT molecular complexity index is 1270. The first-order valence-corrected chi connectivity index (χ1v) is 9.54. The Balaban J connectivity index is 1.54. The Morgan fingerprint density at radius 1 is 1.03 bits per heavy atom. The number of nitro benzene ring substituents is 1. The van der Waals surface area contributed by atoms with Crippen LogP contribution in [0.3, 0.4) is 0 Å². The number of carbonyl (C=O) groups excluding carboxylic acids is 2. The van der Waals surface area contributed by atoms with Crippen molar-refractivity contribution >= 4 is 29.8 Å². The molecule has 11 heteroatoms. The zero-order chi connectivity index (χ0) is 23.2. The number of furan rings is 1. The molecule has 0 aliphatic carbocycles. The molecule has 0 bridgehead atoms. The number of amides is 2. The Kier molecular flexibility index (Phi) is 6.12. The summed E-state index contributed by atoms with van der Waals surface area (Å²) in [5.74, 6) is -0.276. The maximum Gasteiger partial charge on any atom is 0.291 e. The number of non-ortho nitro benzene ring substituents is 1. The molecular formula is C22H16N4O7. The van der Waals surface area contributed by atoms with E-state index < -0.39 is 16.7 Å². The van der Waals surface area contributed by atoms with Crippen molar-refractivity contribution in [3.63, 3.8) is 0 Å². The van der Waals surface area contributed by atoms with Gasteiger partial charge in [-0.25, -0.2) is 5.43 Å². The fourth-order valence-electron chi connectivity index (χ4n) is 2.86. The smallest absolute Gasteiger partial charge is 0.291 e. The number of nitrogens with one attached hydrogen (secondary N) is 2. The quantitative estimate of drug-likeness (QED) is 0.245. The molecule has 4 rings (SSSR count). The lowest BCUT2D eigenvalue weighted by Gasteiger charge is -2.08. The van der Waals surface area contributed by atoms with E-state index in [2.05, 4.69) is 15.8 Å². The van der Waals surface area contributed by atoms with Crippen LogP contribution in [0, 0.1) is 10.1 Å². The largest absolute Gasteiger partial charge is 0.459 e. The van der Waals surface area contributed by atoms with E-state index in [1.54, 1.807) is 30.3 Å². The maximum absolute atomic E-state index is 12.7. The van der Waals surface area contributed by atoms with Gasteiger partial charge in [0.25, 0.3) is 17.5 Å². The van der Waals surface area contributed by atoms with Gasteiger partial charge < -0.3 is 19.2 Å². The molecule has 3 aromatic rings. The minimum absolute atomic E-state index is 0.0134. The number of carbonyl (C=O) groups is 2. The van der Waals surface area contributed by atoms with E-state index in [-0.39, 0.29) is 23.9 Å². The number of rotatable bonds is 7. The van der Waals surface area contributed by atoms with Crippen molar-refractivity contribution in [1.29, 1.82) is 0 Å². The fourth-order valence-corrected chi connectivity index (χ4v) is 2.86. The topological polar surface area (TPSA) is 145 Å². The van der Waals surface area contributed by atoms with E-state index in [1.165, 1.54) is 42.8 Å². The summed E-state index contributed by atoms with van der Waals surface area (Å²) in [6, 6.07) is 13.7. The summed E-state index contributed by atoms with van der Waals surface area (Å²) >= 11 is 0. The average molecular weight is 448 g/mol. The lowest BCUT2D eigenvalue weighted by molar-refractivity contribution is -0.384. The monoisotopic (exact) mass is 448 g/mol. The summed E-state index contributed by atoms with van der Waals surface area (Å²) in [6.45, 7) is 0.0947. The van der Waals surface area contributed by atoms with Crippen LogP contribution in [0.25, 0.3) is 6.08 Å². The van der Waals surface area contributed by atoms with Gasteiger partial charge in [-0.05, 0) is 35.9 Å². The number of benzene rings is 2. The third-order valence-electron chi connectivity index (χ3n) is 4.41. The highest BCUT2D eigenvalue weighted by Crippen LogP contribution is 2.33. The van der Waals surface area contributed by atoms with Crippen molar-refractivity contribution in [2.75, 3.05) is 6.79 Å². The number of ether oxygens (including phenoxy) is 2. The lowest BCUT2D eigenvalue weighted by atomic mass is 10.1. The second kappa shape index (κ2) is 9.47. The Morgan fingerprint density at radius 3 is 2.67 bits per heavy atom. The van der Waals surface area contributed by atoms with Crippen molar-refractivity contribution < 1.29 is 28.4 Å². The summed E-state index contributed by atoms with van der Waals surface area (Å²) in [5, 5.41) is 17.2. The van der Waals surface area contributed by atoms with Crippen LogP contribution in [0.5, 0.6) is 11.5 Å². The van der Waals surface area contributed by atoms with Crippen LogP contribution in [-0.2, 0) is 4.79 Å². The number of fused-ring (bicyclic) bond motifs is 1. The van der Waals surface area contributed by atoms with Crippen molar-refractivity contribution in [1.82, 2.24) is 10.7 Å². The average Bonchev–Trinajstić information content (AvgIpc) is 3.50. The molecule has 1 aliphatic heterocycles. The molecule has 2 N–H and O–H groups in total. The molecular weight excluding hydrogens is 432 g/mol. The van der Waals surface area contributed by atoms with Crippen molar-refractivity contribution in [3.8, 4) is 11.5 Å². The molecule has 33 heavy (non-hydrogen) atoms. The zero-order valence-electron chi connectivity index (χ0n) is 16.9. The highest BCUT2D eigenvalue weighted by Gasteiger charge is 2.18. The highest BCUT2D eigenvalue weighted by atomic mass is 16.7.